The highest BCUT2D eigenvalue weighted by molar-refractivity contribution is 5.68. The molecule has 1 aliphatic rings. The highest BCUT2D eigenvalue weighted by Gasteiger charge is 2.27. The monoisotopic (exact) mass is 369 g/mol. The first-order chi connectivity index (χ1) is 12.8. The molecule has 1 atom stereocenters. The van der Waals surface area contributed by atoms with E-state index >= 15 is 0 Å². The van der Waals surface area contributed by atoms with E-state index in [0.717, 1.165) is 36.6 Å². The third kappa shape index (κ3) is 5.15. The molecule has 7 heteroatoms. The molecule has 0 bridgehead atoms. The molecule has 0 spiro atoms. The summed E-state index contributed by atoms with van der Waals surface area (Å²) in [5.41, 5.74) is 1.24. The summed E-state index contributed by atoms with van der Waals surface area (Å²) in [4.78, 5) is 27.9. The summed E-state index contributed by atoms with van der Waals surface area (Å²) in [5, 5.41) is 2.95. The lowest BCUT2D eigenvalue weighted by atomic mass is 10.2. The molecule has 1 fully saturated rings. The van der Waals surface area contributed by atoms with Gasteiger partial charge in [-0.1, -0.05) is 13.0 Å². The molecular formula is C20H27N5O2. The average Bonchev–Trinajstić information content (AvgIpc) is 3.08. The van der Waals surface area contributed by atoms with Crippen molar-refractivity contribution in [2.45, 2.75) is 52.2 Å². The summed E-state index contributed by atoms with van der Waals surface area (Å²) in [6, 6.07) is 7.78. The van der Waals surface area contributed by atoms with Crippen molar-refractivity contribution < 1.29 is 9.53 Å². The van der Waals surface area contributed by atoms with Gasteiger partial charge in [0.25, 0.3) is 0 Å². The number of ether oxygens (including phenoxy) is 1. The van der Waals surface area contributed by atoms with Crippen molar-refractivity contribution in [2.75, 3.05) is 18.0 Å². The maximum atomic E-state index is 12.0. The van der Waals surface area contributed by atoms with Crippen molar-refractivity contribution in [1.82, 2.24) is 20.3 Å². The zero-order valence-corrected chi connectivity index (χ0v) is 16.4. The van der Waals surface area contributed by atoms with Gasteiger partial charge in [0.2, 0.25) is 0 Å². The van der Waals surface area contributed by atoms with Crippen LogP contribution >= 0.6 is 0 Å². The van der Waals surface area contributed by atoms with Crippen molar-refractivity contribution in [3.63, 3.8) is 0 Å². The molecule has 1 aliphatic heterocycles. The minimum Gasteiger partial charge on any atom is -0.444 e. The molecule has 0 radical (unpaired) electrons. The van der Waals surface area contributed by atoms with E-state index in [1.54, 1.807) is 6.20 Å². The fraction of sp³-hybridized carbons (Fsp3) is 0.500. The SMILES string of the molecule is CCc1cc(N2CC[C@@H](NC(=O)OC(C)(C)C)C2)nc(-c2ccccn2)n1. The second-order valence-electron chi connectivity index (χ2n) is 7.69. The van der Waals surface area contributed by atoms with Crippen LogP contribution in [0.1, 0.15) is 39.8 Å². The minimum atomic E-state index is -0.497. The van der Waals surface area contributed by atoms with Gasteiger partial charge in [0.05, 0.1) is 6.04 Å². The molecule has 2 aromatic rings. The molecule has 1 N–H and O–H groups in total. The Hall–Kier alpha value is -2.70. The summed E-state index contributed by atoms with van der Waals surface area (Å²) in [6.45, 7) is 9.17. The van der Waals surface area contributed by atoms with E-state index in [2.05, 4.69) is 27.1 Å². The number of alkyl carbamates (subject to hydrolysis) is 1. The number of rotatable bonds is 4. The molecule has 27 heavy (non-hydrogen) atoms. The van der Waals surface area contributed by atoms with Crippen LogP contribution in [0.5, 0.6) is 0 Å². The van der Waals surface area contributed by atoms with Gasteiger partial charge in [0.15, 0.2) is 5.82 Å². The van der Waals surface area contributed by atoms with Crippen LogP contribution < -0.4 is 10.2 Å². The van der Waals surface area contributed by atoms with Gasteiger partial charge in [-0.15, -0.1) is 0 Å². The second-order valence-corrected chi connectivity index (χ2v) is 7.69. The summed E-state index contributed by atoms with van der Waals surface area (Å²) in [6.07, 6.45) is 3.04. The van der Waals surface area contributed by atoms with Crippen LogP contribution in [-0.2, 0) is 11.2 Å². The van der Waals surface area contributed by atoms with E-state index < -0.39 is 5.60 Å². The molecule has 2 aromatic heterocycles. The number of aromatic nitrogens is 3. The van der Waals surface area contributed by atoms with Crippen LogP contribution in [0.15, 0.2) is 30.5 Å². The van der Waals surface area contributed by atoms with Gasteiger partial charge in [0, 0.05) is 31.0 Å². The molecule has 3 heterocycles. The highest BCUT2D eigenvalue weighted by Crippen LogP contribution is 2.23. The van der Waals surface area contributed by atoms with Crippen molar-refractivity contribution in [3.05, 3.63) is 36.2 Å². The van der Waals surface area contributed by atoms with Gasteiger partial charge in [-0.2, -0.15) is 0 Å². The number of aryl methyl sites for hydroxylation is 1. The molecule has 0 unspecified atom stereocenters. The first kappa shape index (κ1) is 19.1. The smallest absolute Gasteiger partial charge is 0.407 e. The predicted molar refractivity (Wildman–Crippen MR) is 105 cm³/mol. The minimum absolute atomic E-state index is 0.0400. The number of pyridine rings is 1. The van der Waals surface area contributed by atoms with E-state index in [4.69, 9.17) is 9.72 Å². The standard InChI is InChI=1S/C20H27N5O2/c1-5-14-12-17(24-18(22-14)16-8-6-7-10-21-16)25-11-9-15(13-25)23-19(26)27-20(2,3)4/h6-8,10,12,15H,5,9,11,13H2,1-4H3,(H,23,26)/t15-/m1/s1. The Kier molecular flexibility index (Phi) is 5.58. The van der Waals surface area contributed by atoms with E-state index in [0.29, 0.717) is 12.4 Å². The molecule has 7 nitrogen and oxygen atoms in total. The van der Waals surface area contributed by atoms with Crippen molar-refractivity contribution >= 4 is 11.9 Å². The third-order valence-electron chi connectivity index (χ3n) is 4.26. The van der Waals surface area contributed by atoms with Crippen LogP contribution in [0.25, 0.3) is 11.5 Å². The van der Waals surface area contributed by atoms with Gasteiger partial charge in [0.1, 0.15) is 17.1 Å². The number of carbonyl (C=O) groups is 1. The Morgan fingerprint density at radius 3 is 2.81 bits per heavy atom. The predicted octanol–water partition coefficient (Wildman–Crippen LogP) is 3.20. The normalized spacial score (nSPS) is 17.0. The fourth-order valence-electron chi connectivity index (χ4n) is 3.00. The van der Waals surface area contributed by atoms with Crippen molar-refractivity contribution in [3.8, 4) is 11.5 Å². The number of anilines is 1. The number of amides is 1. The molecule has 1 amide bonds. The summed E-state index contributed by atoms with van der Waals surface area (Å²) in [5.74, 6) is 1.50. The Morgan fingerprint density at radius 2 is 2.15 bits per heavy atom. The van der Waals surface area contributed by atoms with Gasteiger partial charge < -0.3 is 15.0 Å². The van der Waals surface area contributed by atoms with Crippen LogP contribution in [-0.4, -0.2) is 45.8 Å². The molecule has 3 rings (SSSR count). The molecule has 1 saturated heterocycles. The number of hydrogen-bond donors (Lipinski definition) is 1. The maximum absolute atomic E-state index is 12.0. The Balaban J connectivity index is 1.72. The quantitative estimate of drug-likeness (QED) is 0.891. The largest absolute Gasteiger partial charge is 0.444 e. The Bertz CT molecular complexity index is 789. The molecule has 0 aromatic carbocycles. The molecule has 0 aliphatic carbocycles. The van der Waals surface area contributed by atoms with E-state index in [1.807, 2.05) is 45.0 Å². The maximum Gasteiger partial charge on any atom is 0.407 e. The molecule has 0 saturated carbocycles. The second kappa shape index (κ2) is 7.90. The Labute approximate surface area is 160 Å². The van der Waals surface area contributed by atoms with Gasteiger partial charge >= 0.3 is 6.09 Å². The van der Waals surface area contributed by atoms with Crippen molar-refractivity contribution in [2.24, 2.45) is 0 Å². The van der Waals surface area contributed by atoms with Crippen molar-refractivity contribution in [1.29, 1.82) is 0 Å². The average molecular weight is 369 g/mol. The van der Waals surface area contributed by atoms with E-state index in [-0.39, 0.29) is 12.1 Å². The lowest BCUT2D eigenvalue weighted by Crippen LogP contribution is -2.40. The van der Waals surface area contributed by atoms with Crippen LogP contribution in [0.4, 0.5) is 10.6 Å². The van der Waals surface area contributed by atoms with Crippen LogP contribution in [0.2, 0.25) is 0 Å². The molecule has 144 valence electrons. The zero-order valence-electron chi connectivity index (χ0n) is 16.4. The summed E-state index contributed by atoms with van der Waals surface area (Å²) >= 11 is 0. The number of carbonyl (C=O) groups excluding carboxylic acids is 1. The third-order valence-corrected chi connectivity index (χ3v) is 4.26. The zero-order chi connectivity index (χ0) is 19.4. The van der Waals surface area contributed by atoms with Crippen LogP contribution in [0, 0.1) is 0 Å². The Morgan fingerprint density at radius 1 is 1.33 bits per heavy atom. The highest BCUT2D eigenvalue weighted by atomic mass is 16.6. The van der Waals surface area contributed by atoms with Gasteiger partial charge in [-0.05, 0) is 45.7 Å². The lowest BCUT2D eigenvalue weighted by Gasteiger charge is -2.22. The topological polar surface area (TPSA) is 80.2 Å². The number of nitrogens with zero attached hydrogens (tertiary/aromatic N) is 4. The first-order valence-electron chi connectivity index (χ1n) is 9.38. The van der Waals surface area contributed by atoms with Crippen LogP contribution in [0.3, 0.4) is 0 Å². The summed E-state index contributed by atoms with van der Waals surface area (Å²) < 4.78 is 5.35. The fourth-order valence-corrected chi connectivity index (χ4v) is 3.00. The number of hydrogen-bond acceptors (Lipinski definition) is 6. The molecular weight excluding hydrogens is 342 g/mol. The van der Waals surface area contributed by atoms with Gasteiger partial charge in [-0.3, -0.25) is 4.98 Å². The first-order valence-corrected chi connectivity index (χ1v) is 9.38. The number of nitrogens with one attached hydrogen (secondary N) is 1. The lowest BCUT2D eigenvalue weighted by molar-refractivity contribution is 0.0509. The summed E-state index contributed by atoms with van der Waals surface area (Å²) in [7, 11) is 0. The van der Waals surface area contributed by atoms with E-state index in [9.17, 15) is 4.79 Å². The van der Waals surface area contributed by atoms with Gasteiger partial charge in [-0.25, -0.2) is 14.8 Å². The van der Waals surface area contributed by atoms with E-state index in [1.165, 1.54) is 0 Å².